The fourth-order valence-electron chi connectivity index (χ4n) is 2.49. The number of phenols is 1. The van der Waals surface area contributed by atoms with Crippen LogP contribution in [0.5, 0.6) is 5.75 Å². The number of rotatable bonds is 5. The lowest BCUT2D eigenvalue weighted by molar-refractivity contribution is -0.137. The molecule has 0 aliphatic heterocycles. The SMILES string of the molecule is CC(C)[C@H](NC(=O)c1cc(Cl)ccc1O)C(=O)Nc1cc(F)cc(C(F)(F)F)c1. The van der Waals surface area contributed by atoms with Crippen molar-refractivity contribution in [3.05, 3.63) is 58.4 Å². The fraction of sp³-hybridized carbons (Fsp3) is 0.263. The number of nitrogens with one attached hydrogen (secondary N) is 2. The van der Waals surface area contributed by atoms with E-state index in [1.807, 2.05) is 0 Å². The minimum Gasteiger partial charge on any atom is -0.507 e. The van der Waals surface area contributed by atoms with Crippen LogP contribution in [0.2, 0.25) is 5.02 Å². The number of phenolic OH excluding ortho intramolecular Hbond substituents is 1. The molecule has 10 heteroatoms. The van der Waals surface area contributed by atoms with Crippen molar-refractivity contribution >= 4 is 29.1 Å². The minimum absolute atomic E-state index is 0.179. The summed E-state index contributed by atoms with van der Waals surface area (Å²) in [6, 6.07) is 4.20. The van der Waals surface area contributed by atoms with Gasteiger partial charge in [0.2, 0.25) is 5.91 Å². The molecule has 0 saturated heterocycles. The Morgan fingerprint density at radius 3 is 2.34 bits per heavy atom. The maximum Gasteiger partial charge on any atom is 0.416 e. The summed E-state index contributed by atoms with van der Waals surface area (Å²) in [6.07, 6.45) is -4.79. The third-order valence-corrected chi connectivity index (χ3v) is 4.17. The van der Waals surface area contributed by atoms with E-state index < -0.39 is 47.0 Å². The molecule has 2 amide bonds. The molecular weight excluding hydrogens is 416 g/mol. The number of aromatic hydroxyl groups is 1. The lowest BCUT2D eigenvalue weighted by atomic mass is 10.0. The average molecular weight is 433 g/mol. The summed E-state index contributed by atoms with van der Waals surface area (Å²) in [7, 11) is 0. The summed E-state index contributed by atoms with van der Waals surface area (Å²) in [5, 5.41) is 14.6. The van der Waals surface area contributed by atoms with Gasteiger partial charge in [0.25, 0.3) is 5.91 Å². The van der Waals surface area contributed by atoms with Crippen LogP contribution < -0.4 is 10.6 Å². The molecule has 0 spiro atoms. The summed E-state index contributed by atoms with van der Waals surface area (Å²) < 4.78 is 52.0. The van der Waals surface area contributed by atoms with Gasteiger partial charge in [0, 0.05) is 10.7 Å². The molecule has 2 aromatic carbocycles. The first-order valence-corrected chi connectivity index (χ1v) is 8.74. The molecule has 0 saturated carbocycles. The zero-order valence-corrected chi connectivity index (χ0v) is 16.0. The van der Waals surface area contributed by atoms with Crippen LogP contribution in [0.3, 0.4) is 0 Å². The number of amides is 2. The van der Waals surface area contributed by atoms with E-state index in [2.05, 4.69) is 10.6 Å². The van der Waals surface area contributed by atoms with Crippen LogP contribution in [-0.2, 0) is 11.0 Å². The second-order valence-electron chi connectivity index (χ2n) is 6.57. The number of carbonyl (C=O) groups excluding carboxylic acids is 2. The third kappa shape index (κ3) is 5.83. The molecule has 0 radical (unpaired) electrons. The quantitative estimate of drug-likeness (QED) is 0.604. The van der Waals surface area contributed by atoms with E-state index in [1.165, 1.54) is 18.2 Å². The minimum atomic E-state index is -4.79. The number of carbonyl (C=O) groups is 2. The van der Waals surface area contributed by atoms with Crippen LogP contribution >= 0.6 is 11.6 Å². The topological polar surface area (TPSA) is 78.4 Å². The molecule has 0 heterocycles. The highest BCUT2D eigenvalue weighted by Gasteiger charge is 2.32. The Labute approximate surface area is 168 Å². The van der Waals surface area contributed by atoms with E-state index in [0.717, 1.165) is 6.07 Å². The molecule has 29 heavy (non-hydrogen) atoms. The molecule has 3 N–H and O–H groups in total. The number of hydrogen-bond donors (Lipinski definition) is 3. The van der Waals surface area contributed by atoms with Gasteiger partial charge in [-0.05, 0) is 42.3 Å². The molecule has 0 aromatic heterocycles. The largest absolute Gasteiger partial charge is 0.507 e. The van der Waals surface area contributed by atoms with Crippen molar-refractivity contribution in [2.45, 2.75) is 26.1 Å². The maximum atomic E-state index is 13.5. The summed E-state index contributed by atoms with van der Waals surface area (Å²) >= 11 is 5.80. The number of alkyl halides is 3. The normalized spacial score (nSPS) is 12.6. The Kier molecular flexibility index (Phi) is 6.73. The predicted octanol–water partition coefficient (Wildman–Crippen LogP) is 4.60. The van der Waals surface area contributed by atoms with E-state index in [4.69, 9.17) is 11.6 Å². The second kappa shape index (κ2) is 8.69. The Hall–Kier alpha value is -2.81. The van der Waals surface area contributed by atoms with Crippen molar-refractivity contribution < 1.29 is 32.3 Å². The molecule has 0 aliphatic carbocycles. The molecule has 2 rings (SSSR count). The van der Waals surface area contributed by atoms with Crippen molar-refractivity contribution in [2.24, 2.45) is 5.92 Å². The average Bonchev–Trinajstić information content (AvgIpc) is 2.59. The Balaban J connectivity index is 2.23. The van der Waals surface area contributed by atoms with E-state index in [0.29, 0.717) is 12.1 Å². The summed E-state index contributed by atoms with van der Waals surface area (Å²) in [4.78, 5) is 24.9. The molecule has 1 atom stereocenters. The maximum absolute atomic E-state index is 13.5. The van der Waals surface area contributed by atoms with Crippen molar-refractivity contribution in [3.8, 4) is 5.75 Å². The van der Waals surface area contributed by atoms with Crippen molar-refractivity contribution in [2.75, 3.05) is 5.32 Å². The van der Waals surface area contributed by atoms with Gasteiger partial charge in [-0.1, -0.05) is 25.4 Å². The Bertz CT molecular complexity index is 932. The zero-order valence-electron chi connectivity index (χ0n) is 15.3. The van der Waals surface area contributed by atoms with Crippen molar-refractivity contribution in [3.63, 3.8) is 0 Å². The number of benzene rings is 2. The first-order chi connectivity index (χ1) is 13.4. The van der Waals surface area contributed by atoms with Gasteiger partial charge in [0.05, 0.1) is 11.1 Å². The first-order valence-electron chi connectivity index (χ1n) is 8.36. The highest BCUT2D eigenvalue weighted by molar-refractivity contribution is 6.31. The van der Waals surface area contributed by atoms with Gasteiger partial charge in [-0.3, -0.25) is 9.59 Å². The molecule has 0 bridgehead atoms. The third-order valence-electron chi connectivity index (χ3n) is 3.93. The van der Waals surface area contributed by atoms with Crippen LogP contribution in [-0.4, -0.2) is 23.0 Å². The molecule has 0 unspecified atom stereocenters. The predicted molar refractivity (Wildman–Crippen MR) is 99.2 cm³/mol. The second-order valence-corrected chi connectivity index (χ2v) is 7.01. The molecule has 5 nitrogen and oxygen atoms in total. The summed E-state index contributed by atoms with van der Waals surface area (Å²) in [6.45, 7) is 3.18. The summed E-state index contributed by atoms with van der Waals surface area (Å²) in [5.74, 6) is -3.68. The number of hydrogen-bond acceptors (Lipinski definition) is 3. The molecule has 0 fully saturated rings. The van der Waals surface area contributed by atoms with Crippen LogP contribution in [0.15, 0.2) is 36.4 Å². The van der Waals surface area contributed by atoms with E-state index >= 15 is 0 Å². The van der Waals surface area contributed by atoms with Crippen molar-refractivity contribution in [1.82, 2.24) is 5.32 Å². The van der Waals surface area contributed by atoms with Gasteiger partial charge in [0.15, 0.2) is 0 Å². The lowest BCUT2D eigenvalue weighted by Crippen LogP contribution is -2.47. The van der Waals surface area contributed by atoms with E-state index in [9.17, 15) is 32.3 Å². The zero-order chi connectivity index (χ0) is 21.9. The summed E-state index contributed by atoms with van der Waals surface area (Å²) in [5.41, 5.74) is -1.85. The van der Waals surface area contributed by atoms with Crippen LogP contribution in [0.1, 0.15) is 29.8 Å². The number of halogens is 5. The molecular formula is C19H17ClF4N2O3. The van der Waals surface area contributed by atoms with Gasteiger partial charge < -0.3 is 15.7 Å². The van der Waals surface area contributed by atoms with E-state index in [-0.39, 0.29) is 16.3 Å². The highest BCUT2D eigenvalue weighted by atomic mass is 35.5. The van der Waals surface area contributed by atoms with Gasteiger partial charge >= 0.3 is 6.18 Å². The molecule has 156 valence electrons. The highest BCUT2D eigenvalue weighted by Crippen LogP contribution is 2.31. The van der Waals surface area contributed by atoms with Crippen LogP contribution in [0.25, 0.3) is 0 Å². The Morgan fingerprint density at radius 2 is 1.76 bits per heavy atom. The fourth-order valence-corrected chi connectivity index (χ4v) is 2.66. The molecule has 0 aliphatic rings. The Morgan fingerprint density at radius 1 is 1.10 bits per heavy atom. The van der Waals surface area contributed by atoms with Gasteiger partial charge in [-0.25, -0.2) is 4.39 Å². The first kappa shape index (κ1) is 22.5. The number of anilines is 1. The van der Waals surface area contributed by atoms with Gasteiger partial charge in [-0.2, -0.15) is 13.2 Å². The van der Waals surface area contributed by atoms with Gasteiger partial charge in [0.1, 0.15) is 17.6 Å². The molecule has 2 aromatic rings. The van der Waals surface area contributed by atoms with Crippen LogP contribution in [0.4, 0.5) is 23.2 Å². The smallest absolute Gasteiger partial charge is 0.416 e. The lowest BCUT2D eigenvalue weighted by Gasteiger charge is -2.22. The van der Waals surface area contributed by atoms with Gasteiger partial charge in [-0.15, -0.1) is 0 Å². The standard InChI is InChI=1S/C19H17ClF4N2O3/c1-9(2)16(26-17(28)14-7-11(20)3-4-15(14)27)18(29)25-13-6-10(19(22,23)24)5-12(21)8-13/h3-9,16,27H,1-2H3,(H,25,29)(H,26,28)/t16-/m0/s1. The monoisotopic (exact) mass is 432 g/mol. The van der Waals surface area contributed by atoms with Crippen LogP contribution in [0, 0.1) is 11.7 Å². The van der Waals surface area contributed by atoms with E-state index in [1.54, 1.807) is 13.8 Å². The van der Waals surface area contributed by atoms with Crippen molar-refractivity contribution in [1.29, 1.82) is 0 Å².